The van der Waals surface area contributed by atoms with Gasteiger partial charge in [0.15, 0.2) is 0 Å². The smallest absolute Gasteiger partial charge is 0.325 e. The molecular weight excluding hydrogens is 390 g/mol. The van der Waals surface area contributed by atoms with E-state index < -0.39 is 12.0 Å². The normalized spacial score (nSPS) is 15.1. The number of halogens is 2. The lowest BCUT2D eigenvalue weighted by Crippen LogP contribution is -2.37. The number of carboxylic acid groups (broad SMARTS) is 1. The van der Waals surface area contributed by atoms with Gasteiger partial charge in [0.2, 0.25) is 0 Å². The average Bonchev–Trinajstić information content (AvgIpc) is 2.88. The Morgan fingerprint density at radius 2 is 2.05 bits per heavy atom. The summed E-state index contributed by atoms with van der Waals surface area (Å²) >= 11 is 7.92. The highest BCUT2D eigenvalue weighted by molar-refractivity contribution is 8.93. The highest BCUT2D eigenvalue weighted by Gasteiger charge is 2.31. The number of aliphatic carboxylic acids is 1. The molecule has 0 fully saturated rings. The van der Waals surface area contributed by atoms with Crippen LogP contribution >= 0.6 is 39.9 Å². The highest BCUT2D eigenvalue weighted by atomic mass is 79.9. The van der Waals surface area contributed by atoms with Gasteiger partial charge in [-0.15, -0.1) is 28.3 Å². The summed E-state index contributed by atoms with van der Waals surface area (Å²) in [7, 11) is 0. The standard InChI is InChI=1S/C15H14ClNO2S.BrH.H2O/c16-12-4-2-1-3-11(12)14(15(18)19)17-7-5-13-10(9-17)6-8-20-13;;/h1-4,6,8,14H,5,7,9H2,(H,18,19);1H;1H2/t14-;;/m0../s1. The van der Waals surface area contributed by atoms with Crippen LogP contribution in [0.2, 0.25) is 5.02 Å². The van der Waals surface area contributed by atoms with E-state index in [2.05, 4.69) is 11.4 Å². The van der Waals surface area contributed by atoms with E-state index in [1.807, 2.05) is 17.0 Å². The minimum atomic E-state index is -0.850. The van der Waals surface area contributed by atoms with Crippen LogP contribution in [0.15, 0.2) is 35.7 Å². The van der Waals surface area contributed by atoms with Gasteiger partial charge in [0.05, 0.1) is 0 Å². The molecule has 0 bridgehead atoms. The Morgan fingerprint density at radius 1 is 1.32 bits per heavy atom. The number of benzene rings is 1. The largest absolute Gasteiger partial charge is 0.480 e. The first-order valence-electron chi connectivity index (χ1n) is 6.43. The Hall–Kier alpha value is -0.920. The molecule has 0 saturated carbocycles. The number of carboxylic acids is 1. The molecule has 4 nitrogen and oxygen atoms in total. The Kier molecular flexibility index (Phi) is 7.02. The lowest BCUT2D eigenvalue weighted by molar-refractivity contribution is -0.144. The summed E-state index contributed by atoms with van der Waals surface area (Å²) in [4.78, 5) is 15.1. The number of hydrogen-bond donors (Lipinski definition) is 1. The number of fused-ring (bicyclic) bond motifs is 1. The zero-order valence-electron chi connectivity index (χ0n) is 11.7. The summed E-state index contributed by atoms with van der Waals surface area (Å²) in [6.07, 6.45) is 0.904. The molecule has 120 valence electrons. The second kappa shape index (κ2) is 8.08. The van der Waals surface area contributed by atoms with Crippen molar-refractivity contribution in [2.24, 2.45) is 0 Å². The fraction of sp³-hybridized carbons (Fsp3) is 0.267. The van der Waals surface area contributed by atoms with Crippen LogP contribution in [-0.2, 0) is 17.8 Å². The molecule has 3 N–H and O–H groups in total. The van der Waals surface area contributed by atoms with Crippen LogP contribution in [0, 0.1) is 0 Å². The molecule has 0 amide bonds. The number of thiophene rings is 1. The van der Waals surface area contributed by atoms with Crippen LogP contribution < -0.4 is 0 Å². The van der Waals surface area contributed by atoms with Crippen molar-refractivity contribution < 1.29 is 15.4 Å². The van der Waals surface area contributed by atoms with Gasteiger partial charge in [-0.25, -0.2) is 0 Å². The van der Waals surface area contributed by atoms with Crippen molar-refractivity contribution in [1.82, 2.24) is 4.90 Å². The quantitative estimate of drug-likeness (QED) is 0.849. The van der Waals surface area contributed by atoms with Gasteiger partial charge in [0.1, 0.15) is 6.04 Å². The maximum Gasteiger partial charge on any atom is 0.325 e. The summed E-state index contributed by atoms with van der Waals surface area (Å²) in [5.41, 5.74) is 1.90. The summed E-state index contributed by atoms with van der Waals surface area (Å²) < 4.78 is 0. The predicted octanol–water partition coefficient (Wildman–Crippen LogP) is 3.34. The molecule has 1 aliphatic heterocycles. The molecule has 2 aromatic rings. The van der Waals surface area contributed by atoms with Crippen molar-refractivity contribution in [3.8, 4) is 0 Å². The van der Waals surface area contributed by atoms with Gasteiger partial charge >= 0.3 is 5.97 Å². The molecular formula is C15H17BrClNO3S. The molecule has 7 heteroatoms. The molecule has 1 aromatic heterocycles. The molecule has 3 rings (SSSR count). The van der Waals surface area contributed by atoms with E-state index in [4.69, 9.17) is 11.6 Å². The van der Waals surface area contributed by atoms with E-state index in [1.54, 1.807) is 23.5 Å². The van der Waals surface area contributed by atoms with Crippen molar-refractivity contribution in [3.05, 3.63) is 56.7 Å². The van der Waals surface area contributed by atoms with E-state index in [1.165, 1.54) is 10.4 Å². The first kappa shape index (κ1) is 19.1. The van der Waals surface area contributed by atoms with Gasteiger partial charge in [-0.05, 0) is 35.1 Å². The maximum absolute atomic E-state index is 11.7. The zero-order valence-corrected chi connectivity index (χ0v) is 14.9. The summed E-state index contributed by atoms with van der Waals surface area (Å²) in [5.74, 6) is -0.850. The van der Waals surface area contributed by atoms with Crippen LogP contribution in [0.25, 0.3) is 0 Å². The molecule has 1 aliphatic rings. The third kappa shape index (κ3) is 3.70. The predicted molar refractivity (Wildman–Crippen MR) is 94.2 cm³/mol. The van der Waals surface area contributed by atoms with Crippen molar-refractivity contribution in [1.29, 1.82) is 0 Å². The Balaban J connectivity index is 0.00000121. The third-order valence-electron chi connectivity index (χ3n) is 3.64. The van der Waals surface area contributed by atoms with Crippen LogP contribution in [0.1, 0.15) is 22.0 Å². The molecule has 0 unspecified atom stereocenters. The second-order valence-electron chi connectivity index (χ2n) is 4.85. The van der Waals surface area contributed by atoms with Crippen LogP contribution in [0.3, 0.4) is 0 Å². The van der Waals surface area contributed by atoms with Gasteiger partial charge < -0.3 is 10.6 Å². The zero-order chi connectivity index (χ0) is 14.1. The molecule has 0 aliphatic carbocycles. The lowest BCUT2D eigenvalue weighted by atomic mass is 10.0. The first-order valence-corrected chi connectivity index (χ1v) is 7.69. The number of nitrogens with zero attached hydrogens (tertiary/aromatic N) is 1. The van der Waals surface area contributed by atoms with Gasteiger partial charge in [-0.2, -0.15) is 0 Å². The molecule has 0 spiro atoms. The Morgan fingerprint density at radius 3 is 2.73 bits per heavy atom. The molecule has 2 heterocycles. The van der Waals surface area contributed by atoms with Crippen LogP contribution in [-0.4, -0.2) is 28.0 Å². The molecule has 0 radical (unpaired) electrons. The van der Waals surface area contributed by atoms with Gasteiger partial charge in [0.25, 0.3) is 0 Å². The van der Waals surface area contributed by atoms with E-state index >= 15 is 0 Å². The summed E-state index contributed by atoms with van der Waals surface area (Å²) in [6.45, 7) is 1.41. The van der Waals surface area contributed by atoms with E-state index in [9.17, 15) is 9.90 Å². The maximum atomic E-state index is 11.7. The molecule has 1 aromatic carbocycles. The van der Waals surface area contributed by atoms with Gasteiger partial charge in [0, 0.05) is 23.0 Å². The third-order valence-corrected chi connectivity index (χ3v) is 5.00. The summed E-state index contributed by atoms with van der Waals surface area (Å²) in [6, 6.07) is 8.58. The minimum Gasteiger partial charge on any atom is -0.480 e. The monoisotopic (exact) mass is 405 g/mol. The Bertz CT molecular complexity index is 649. The number of hydrogen-bond acceptors (Lipinski definition) is 3. The van der Waals surface area contributed by atoms with Crippen molar-refractivity contribution in [2.45, 2.75) is 19.0 Å². The fourth-order valence-electron chi connectivity index (χ4n) is 2.67. The number of rotatable bonds is 3. The minimum absolute atomic E-state index is 0. The van der Waals surface area contributed by atoms with E-state index in [-0.39, 0.29) is 22.5 Å². The van der Waals surface area contributed by atoms with Gasteiger partial charge in [-0.1, -0.05) is 29.8 Å². The molecule has 0 saturated heterocycles. The Labute approximate surface area is 148 Å². The second-order valence-corrected chi connectivity index (χ2v) is 6.26. The van der Waals surface area contributed by atoms with Crippen LogP contribution in [0.5, 0.6) is 0 Å². The van der Waals surface area contributed by atoms with Crippen molar-refractivity contribution in [3.63, 3.8) is 0 Å². The fourth-order valence-corrected chi connectivity index (χ4v) is 3.80. The highest BCUT2D eigenvalue weighted by Crippen LogP contribution is 2.33. The molecule has 22 heavy (non-hydrogen) atoms. The SMILES string of the molecule is Br.O.O=C(O)[C@H](c1ccccc1Cl)N1CCc2sccc2C1. The van der Waals surface area contributed by atoms with Gasteiger partial charge in [-0.3, -0.25) is 9.69 Å². The van der Waals surface area contributed by atoms with E-state index in [0.717, 1.165) is 13.0 Å². The summed E-state index contributed by atoms with van der Waals surface area (Å²) in [5, 5.41) is 12.2. The van der Waals surface area contributed by atoms with Crippen molar-refractivity contribution >= 4 is 45.9 Å². The molecule has 1 atom stereocenters. The lowest BCUT2D eigenvalue weighted by Gasteiger charge is -2.32. The van der Waals surface area contributed by atoms with Crippen molar-refractivity contribution in [2.75, 3.05) is 6.54 Å². The topological polar surface area (TPSA) is 72.0 Å². The average molecular weight is 407 g/mol. The van der Waals surface area contributed by atoms with Crippen LogP contribution in [0.4, 0.5) is 0 Å². The van der Waals surface area contributed by atoms with E-state index in [0.29, 0.717) is 17.1 Å². The first-order chi connectivity index (χ1) is 9.66. The number of carbonyl (C=O) groups is 1.